The van der Waals surface area contributed by atoms with Gasteiger partial charge in [0.15, 0.2) is 0 Å². The summed E-state index contributed by atoms with van der Waals surface area (Å²) in [5, 5.41) is 5.25. The summed E-state index contributed by atoms with van der Waals surface area (Å²) < 4.78 is 0. The van der Waals surface area contributed by atoms with Gasteiger partial charge in [-0.2, -0.15) is 0 Å². The van der Waals surface area contributed by atoms with Crippen LogP contribution in [0.1, 0.15) is 35.8 Å². The molecule has 0 spiro atoms. The topological polar surface area (TPSA) is 29.1 Å². The predicted molar refractivity (Wildman–Crippen MR) is 110 cm³/mol. The lowest BCUT2D eigenvalue weighted by Gasteiger charge is -2.31. The largest absolute Gasteiger partial charge is 0.355 e. The van der Waals surface area contributed by atoms with Crippen LogP contribution in [0.2, 0.25) is 0 Å². The molecule has 1 amide bonds. The van der Waals surface area contributed by atoms with Gasteiger partial charge in [-0.25, -0.2) is 0 Å². The van der Waals surface area contributed by atoms with Crippen molar-refractivity contribution in [3.05, 3.63) is 94.2 Å². The van der Waals surface area contributed by atoms with E-state index in [2.05, 4.69) is 78.3 Å². The summed E-state index contributed by atoms with van der Waals surface area (Å²) in [5.41, 5.74) is 2.18. The average Bonchev–Trinajstić information content (AvgIpc) is 3.21. The number of thiophene rings is 1. The molecule has 134 valence electrons. The summed E-state index contributed by atoms with van der Waals surface area (Å²) in [7, 11) is 0. The van der Waals surface area contributed by atoms with Crippen LogP contribution >= 0.6 is 11.3 Å². The quantitative estimate of drug-likeness (QED) is 0.586. The molecular formula is C23H25NOS. The van der Waals surface area contributed by atoms with Gasteiger partial charge in [0.2, 0.25) is 5.91 Å². The van der Waals surface area contributed by atoms with Crippen molar-refractivity contribution >= 4 is 17.2 Å². The molecule has 0 aliphatic carbocycles. The fourth-order valence-corrected chi connectivity index (χ4v) is 3.98. The molecule has 2 aromatic carbocycles. The first-order chi connectivity index (χ1) is 12.7. The maximum Gasteiger partial charge on any atom is 0.220 e. The molecule has 0 saturated carbocycles. The molecule has 0 aliphatic rings. The Labute approximate surface area is 159 Å². The number of benzene rings is 2. The highest BCUT2D eigenvalue weighted by Crippen LogP contribution is 2.31. The van der Waals surface area contributed by atoms with Crippen molar-refractivity contribution in [3.63, 3.8) is 0 Å². The number of rotatable bonds is 8. The Balaban J connectivity index is 1.64. The maximum absolute atomic E-state index is 12.4. The van der Waals surface area contributed by atoms with E-state index in [0.29, 0.717) is 13.0 Å². The van der Waals surface area contributed by atoms with Crippen molar-refractivity contribution in [1.29, 1.82) is 0 Å². The van der Waals surface area contributed by atoms with Crippen molar-refractivity contribution in [2.75, 3.05) is 6.54 Å². The van der Waals surface area contributed by atoms with Crippen molar-refractivity contribution < 1.29 is 4.79 Å². The SMILES string of the molecule is CC(CNC(=O)CCCc1cccs1)(c1ccccc1)c1ccccc1. The molecule has 0 bridgehead atoms. The van der Waals surface area contributed by atoms with E-state index >= 15 is 0 Å². The first-order valence-corrected chi connectivity index (χ1v) is 9.96. The molecule has 2 nitrogen and oxygen atoms in total. The highest BCUT2D eigenvalue weighted by Gasteiger charge is 2.29. The van der Waals surface area contributed by atoms with Gasteiger partial charge in [0, 0.05) is 23.3 Å². The first kappa shape index (κ1) is 18.4. The van der Waals surface area contributed by atoms with Crippen LogP contribution in [0.3, 0.4) is 0 Å². The molecule has 1 heterocycles. The van der Waals surface area contributed by atoms with Crippen molar-refractivity contribution in [2.45, 2.75) is 31.6 Å². The highest BCUT2D eigenvalue weighted by atomic mass is 32.1. The van der Waals surface area contributed by atoms with E-state index in [1.807, 2.05) is 12.1 Å². The van der Waals surface area contributed by atoms with Gasteiger partial charge >= 0.3 is 0 Å². The van der Waals surface area contributed by atoms with Gasteiger partial charge in [0.1, 0.15) is 0 Å². The van der Waals surface area contributed by atoms with Crippen molar-refractivity contribution in [3.8, 4) is 0 Å². The molecule has 0 unspecified atom stereocenters. The van der Waals surface area contributed by atoms with Crippen molar-refractivity contribution in [1.82, 2.24) is 5.32 Å². The second-order valence-corrected chi connectivity index (χ2v) is 7.81. The Morgan fingerprint density at radius 3 is 2.08 bits per heavy atom. The molecule has 26 heavy (non-hydrogen) atoms. The number of carbonyl (C=O) groups excluding carboxylic acids is 1. The summed E-state index contributed by atoms with van der Waals surface area (Å²) in [6.07, 6.45) is 2.43. The lowest BCUT2D eigenvalue weighted by molar-refractivity contribution is -0.121. The minimum atomic E-state index is -0.244. The number of nitrogens with one attached hydrogen (secondary N) is 1. The average molecular weight is 364 g/mol. The predicted octanol–water partition coefficient (Wildman–Crippen LogP) is 5.19. The van der Waals surface area contributed by atoms with Crippen LogP contribution in [-0.2, 0) is 16.6 Å². The molecule has 0 saturated heterocycles. The Morgan fingerprint density at radius 1 is 0.923 bits per heavy atom. The third-order valence-electron chi connectivity index (χ3n) is 4.87. The summed E-state index contributed by atoms with van der Waals surface area (Å²) in [6.45, 7) is 2.79. The first-order valence-electron chi connectivity index (χ1n) is 9.08. The van der Waals surface area contributed by atoms with Gasteiger partial charge in [-0.15, -0.1) is 11.3 Å². The second-order valence-electron chi connectivity index (χ2n) is 6.77. The molecule has 3 heteroatoms. The fourth-order valence-electron chi connectivity index (χ4n) is 3.22. The Morgan fingerprint density at radius 2 is 1.54 bits per heavy atom. The summed E-state index contributed by atoms with van der Waals surface area (Å²) in [4.78, 5) is 13.7. The van der Waals surface area contributed by atoms with Gasteiger partial charge in [0.05, 0.1) is 0 Å². The van der Waals surface area contributed by atoms with Crippen LogP contribution in [-0.4, -0.2) is 12.5 Å². The number of hydrogen-bond acceptors (Lipinski definition) is 2. The smallest absolute Gasteiger partial charge is 0.220 e. The molecule has 1 aromatic heterocycles. The van der Waals surface area contributed by atoms with Crippen LogP contribution < -0.4 is 5.32 Å². The van der Waals surface area contributed by atoms with Crippen molar-refractivity contribution in [2.24, 2.45) is 0 Å². The van der Waals surface area contributed by atoms with Gasteiger partial charge in [-0.3, -0.25) is 4.79 Å². The Kier molecular flexibility index (Phi) is 6.24. The molecule has 3 aromatic rings. The van der Waals surface area contributed by atoms with E-state index in [-0.39, 0.29) is 11.3 Å². The van der Waals surface area contributed by atoms with Gasteiger partial charge in [-0.05, 0) is 42.3 Å². The molecule has 0 radical (unpaired) electrons. The van der Waals surface area contributed by atoms with E-state index in [4.69, 9.17) is 0 Å². The minimum Gasteiger partial charge on any atom is -0.355 e. The van der Waals surface area contributed by atoms with E-state index < -0.39 is 0 Å². The third kappa shape index (κ3) is 4.61. The lowest BCUT2D eigenvalue weighted by atomic mass is 9.76. The van der Waals surface area contributed by atoms with E-state index in [1.165, 1.54) is 16.0 Å². The van der Waals surface area contributed by atoms with E-state index in [1.54, 1.807) is 11.3 Å². The fraction of sp³-hybridized carbons (Fsp3) is 0.261. The van der Waals surface area contributed by atoms with Crippen LogP contribution in [0.4, 0.5) is 0 Å². The van der Waals surface area contributed by atoms with Crippen LogP contribution in [0.25, 0.3) is 0 Å². The zero-order chi connectivity index (χ0) is 18.2. The molecule has 1 N–H and O–H groups in total. The number of aryl methyl sites for hydroxylation is 1. The monoisotopic (exact) mass is 363 g/mol. The molecule has 3 rings (SSSR count). The van der Waals surface area contributed by atoms with E-state index in [9.17, 15) is 4.79 Å². The summed E-state index contributed by atoms with van der Waals surface area (Å²) in [5.74, 6) is 0.125. The molecule has 0 atom stereocenters. The molecular weight excluding hydrogens is 338 g/mol. The summed E-state index contributed by atoms with van der Waals surface area (Å²) >= 11 is 1.76. The lowest BCUT2D eigenvalue weighted by Crippen LogP contribution is -2.39. The van der Waals surface area contributed by atoms with Gasteiger partial charge in [-0.1, -0.05) is 66.7 Å². The number of carbonyl (C=O) groups is 1. The normalized spacial score (nSPS) is 11.3. The standard InChI is InChI=1S/C23H25NOS/c1-23(19-10-4-2-5-11-19,20-12-6-3-7-13-20)18-24-22(25)16-8-14-21-15-9-17-26-21/h2-7,9-13,15,17H,8,14,16,18H2,1H3,(H,24,25). The van der Waals surface area contributed by atoms with Crippen LogP contribution in [0, 0.1) is 0 Å². The van der Waals surface area contributed by atoms with Gasteiger partial charge in [0.25, 0.3) is 0 Å². The highest BCUT2D eigenvalue weighted by molar-refractivity contribution is 7.09. The number of amides is 1. The Hall–Kier alpha value is -2.39. The summed E-state index contributed by atoms with van der Waals surface area (Å²) in [6, 6.07) is 25.0. The number of hydrogen-bond donors (Lipinski definition) is 1. The maximum atomic E-state index is 12.4. The molecule has 0 aliphatic heterocycles. The Bertz CT molecular complexity index is 757. The molecule has 0 fully saturated rings. The zero-order valence-corrected chi connectivity index (χ0v) is 16.0. The third-order valence-corrected chi connectivity index (χ3v) is 5.80. The zero-order valence-electron chi connectivity index (χ0n) is 15.2. The van der Waals surface area contributed by atoms with Gasteiger partial charge < -0.3 is 5.32 Å². The van der Waals surface area contributed by atoms with E-state index in [0.717, 1.165) is 12.8 Å². The van der Waals surface area contributed by atoms with Crippen LogP contribution in [0.15, 0.2) is 78.2 Å². The van der Waals surface area contributed by atoms with Crippen LogP contribution in [0.5, 0.6) is 0 Å². The second kappa shape index (κ2) is 8.81. The minimum absolute atomic E-state index is 0.125.